The van der Waals surface area contributed by atoms with Crippen molar-refractivity contribution >= 4 is 22.4 Å². The van der Waals surface area contributed by atoms with Gasteiger partial charge in [-0.25, -0.2) is 8.42 Å². The summed E-state index contributed by atoms with van der Waals surface area (Å²) in [5, 5.41) is 0. The van der Waals surface area contributed by atoms with E-state index < -0.39 is 10.0 Å². The van der Waals surface area contributed by atoms with Crippen molar-refractivity contribution in [1.82, 2.24) is 4.31 Å². The molecule has 1 saturated heterocycles. The summed E-state index contributed by atoms with van der Waals surface area (Å²) in [5.74, 6) is 0. The Bertz CT molecular complexity index is 517. The van der Waals surface area contributed by atoms with Crippen molar-refractivity contribution in [1.29, 1.82) is 0 Å². The molecule has 1 atom stereocenters. The molecule has 0 bridgehead atoms. The zero-order chi connectivity index (χ0) is 13.4. The molecule has 1 aromatic rings. The first kappa shape index (κ1) is 16.4. The van der Waals surface area contributed by atoms with Crippen LogP contribution in [0.1, 0.15) is 20.3 Å². The lowest BCUT2D eigenvalue weighted by molar-refractivity contribution is 0.155. The van der Waals surface area contributed by atoms with E-state index in [0.717, 1.165) is 0 Å². The van der Waals surface area contributed by atoms with Gasteiger partial charge in [0.1, 0.15) is 0 Å². The Balaban J connectivity index is 0.00000180. The Morgan fingerprint density at radius 1 is 1.26 bits per heavy atom. The minimum absolute atomic E-state index is 0. The summed E-state index contributed by atoms with van der Waals surface area (Å²) in [6, 6.07) is 8.63. The van der Waals surface area contributed by atoms with E-state index in [9.17, 15) is 8.42 Å². The fourth-order valence-corrected chi connectivity index (χ4v) is 3.92. The normalized spacial score (nSPS) is 23.6. The topological polar surface area (TPSA) is 63.4 Å². The predicted octanol–water partition coefficient (Wildman–Crippen LogP) is 1.86. The second-order valence-corrected chi connectivity index (χ2v) is 7.47. The highest BCUT2D eigenvalue weighted by atomic mass is 35.5. The molecule has 6 heteroatoms. The Hall–Kier alpha value is -0.620. The highest BCUT2D eigenvalue weighted by Gasteiger charge is 2.38. The summed E-state index contributed by atoms with van der Waals surface area (Å²) >= 11 is 0. The highest BCUT2D eigenvalue weighted by Crippen LogP contribution is 2.31. The summed E-state index contributed by atoms with van der Waals surface area (Å²) < 4.78 is 26.5. The number of rotatable bonds is 2. The van der Waals surface area contributed by atoms with Gasteiger partial charge in [0, 0.05) is 19.1 Å². The number of sulfonamides is 1. The van der Waals surface area contributed by atoms with Crippen molar-refractivity contribution in [2.24, 2.45) is 11.1 Å². The van der Waals surface area contributed by atoms with Crippen molar-refractivity contribution in [3.8, 4) is 0 Å². The van der Waals surface area contributed by atoms with Crippen LogP contribution in [0.15, 0.2) is 35.2 Å². The van der Waals surface area contributed by atoms with Gasteiger partial charge in [-0.15, -0.1) is 12.4 Å². The molecule has 0 spiro atoms. The molecule has 1 aliphatic heterocycles. The van der Waals surface area contributed by atoms with Crippen LogP contribution < -0.4 is 5.73 Å². The molecule has 2 rings (SSSR count). The first-order valence-corrected chi connectivity index (χ1v) is 7.59. The lowest BCUT2D eigenvalue weighted by Gasteiger charge is -2.41. The van der Waals surface area contributed by atoms with Crippen molar-refractivity contribution in [3.05, 3.63) is 30.3 Å². The fourth-order valence-electron chi connectivity index (χ4n) is 2.27. The molecule has 1 aromatic carbocycles. The molecule has 2 N–H and O–H groups in total. The molecule has 1 aliphatic rings. The minimum atomic E-state index is -3.38. The third-order valence-electron chi connectivity index (χ3n) is 3.66. The average Bonchev–Trinajstić information content (AvgIpc) is 2.33. The van der Waals surface area contributed by atoms with E-state index in [-0.39, 0.29) is 23.9 Å². The molecule has 0 saturated carbocycles. The Morgan fingerprint density at radius 3 is 2.37 bits per heavy atom. The van der Waals surface area contributed by atoms with Crippen LogP contribution in [-0.4, -0.2) is 31.9 Å². The van der Waals surface area contributed by atoms with Crippen LogP contribution in [0.4, 0.5) is 0 Å². The molecule has 0 aliphatic carbocycles. The summed E-state index contributed by atoms with van der Waals surface area (Å²) in [7, 11) is -3.38. The zero-order valence-electron chi connectivity index (χ0n) is 11.2. The van der Waals surface area contributed by atoms with E-state index >= 15 is 0 Å². The van der Waals surface area contributed by atoms with E-state index in [4.69, 9.17) is 5.73 Å². The van der Waals surface area contributed by atoms with Gasteiger partial charge in [-0.2, -0.15) is 4.31 Å². The molecule has 108 valence electrons. The third-order valence-corrected chi connectivity index (χ3v) is 5.52. The number of halogens is 1. The maximum Gasteiger partial charge on any atom is 0.243 e. The van der Waals surface area contributed by atoms with Crippen LogP contribution in [0.2, 0.25) is 0 Å². The molecule has 19 heavy (non-hydrogen) atoms. The van der Waals surface area contributed by atoms with Gasteiger partial charge < -0.3 is 5.73 Å². The van der Waals surface area contributed by atoms with Gasteiger partial charge in [0.2, 0.25) is 10.0 Å². The second-order valence-electron chi connectivity index (χ2n) is 5.54. The van der Waals surface area contributed by atoms with Crippen molar-refractivity contribution in [2.75, 3.05) is 13.1 Å². The number of hydrogen-bond acceptors (Lipinski definition) is 3. The molecule has 1 heterocycles. The molecule has 0 aromatic heterocycles. The number of piperidine rings is 1. The molecule has 0 amide bonds. The van der Waals surface area contributed by atoms with Gasteiger partial charge >= 0.3 is 0 Å². The van der Waals surface area contributed by atoms with Gasteiger partial charge in [0.25, 0.3) is 0 Å². The van der Waals surface area contributed by atoms with E-state index in [2.05, 4.69) is 0 Å². The number of hydrogen-bond donors (Lipinski definition) is 1. The fraction of sp³-hybridized carbons (Fsp3) is 0.538. The van der Waals surface area contributed by atoms with Crippen molar-refractivity contribution < 1.29 is 8.42 Å². The van der Waals surface area contributed by atoms with Gasteiger partial charge in [-0.1, -0.05) is 32.0 Å². The standard InChI is InChI=1S/C13H20N2O2S.ClH/c1-13(2)10-15(9-8-12(13)14)18(16,17)11-6-4-3-5-7-11;/h3-7,12H,8-10,14H2,1-2H3;1H. The largest absolute Gasteiger partial charge is 0.327 e. The Kier molecular flexibility index (Phi) is 5.01. The molecule has 1 unspecified atom stereocenters. The van der Waals surface area contributed by atoms with E-state index in [1.54, 1.807) is 28.6 Å². The maximum absolute atomic E-state index is 12.5. The summed E-state index contributed by atoms with van der Waals surface area (Å²) in [6.45, 7) is 5.02. The second kappa shape index (κ2) is 5.79. The minimum Gasteiger partial charge on any atom is -0.327 e. The van der Waals surface area contributed by atoms with Crippen LogP contribution >= 0.6 is 12.4 Å². The van der Waals surface area contributed by atoms with Gasteiger partial charge in [-0.3, -0.25) is 0 Å². The zero-order valence-corrected chi connectivity index (χ0v) is 12.9. The summed E-state index contributed by atoms with van der Waals surface area (Å²) in [5.41, 5.74) is 5.85. The smallest absolute Gasteiger partial charge is 0.243 e. The first-order valence-electron chi connectivity index (χ1n) is 6.15. The van der Waals surface area contributed by atoms with Gasteiger partial charge in [0.05, 0.1) is 4.90 Å². The SMILES string of the molecule is CC1(C)CN(S(=O)(=O)c2ccccc2)CCC1N.Cl. The van der Waals surface area contributed by atoms with Crippen LogP contribution in [0.5, 0.6) is 0 Å². The quantitative estimate of drug-likeness (QED) is 0.907. The average molecular weight is 305 g/mol. The van der Waals surface area contributed by atoms with E-state index in [0.29, 0.717) is 24.4 Å². The van der Waals surface area contributed by atoms with E-state index in [1.165, 1.54) is 0 Å². The summed E-state index contributed by atoms with van der Waals surface area (Å²) in [6.07, 6.45) is 0.707. The first-order chi connectivity index (χ1) is 8.34. The van der Waals surface area contributed by atoms with E-state index in [1.807, 2.05) is 19.9 Å². The highest BCUT2D eigenvalue weighted by molar-refractivity contribution is 7.89. The van der Waals surface area contributed by atoms with Gasteiger partial charge in [0.15, 0.2) is 0 Å². The van der Waals surface area contributed by atoms with Crippen LogP contribution in [-0.2, 0) is 10.0 Å². The Morgan fingerprint density at radius 2 is 1.84 bits per heavy atom. The Labute approximate surface area is 121 Å². The molecule has 4 nitrogen and oxygen atoms in total. The lowest BCUT2D eigenvalue weighted by atomic mass is 9.81. The number of nitrogens with zero attached hydrogens (tertiary/aromatic N) is 1. The number of benzene rings is 1. The molecule has 0 radical (unpaired) electrons. The molecular formula is C13H21ClN2O2S. The van der Waals surface area contributed by atoms with Crippen molar-refractivity contribution in [2.45, 2.75) is 31.2 Å². The number of nitrogens with two attached hydrogens (primary N) is 1. The van der Waals surface area contributed by atoms with Crippen LogP contribution in [0.3, 0.4) is 0 Å². The monoisotopic (exact) mass is 304 g/mol. The van der Waals surface area contributed by atoms with Crippen molar-refractivity contribution in [3.63, 3.8) is 0 Å². The van der Waals surface area contributed by atoms with Crippen LogP contribution in [0, 0.1) is 5.41 Å². The third kappa shape index (κ3) is 3.28. The summed E-state index contributed by atoms with van der Waals surface area (Å²) in [4.78, 5) is 0.358. The molecule has 1 fully saturated rings. The van der Waals surface area contributed by atoms with Gasteiger partial charge in [-0.05, 0) is 24.0 Å². The predicted molar refractivity (Wildman–Crippen MR) is 78.8 cm³/mol. The molecular weight excluding hydrogens is 284 g/mol. The lowest BCUT2D eigenvalue weighted by Crippen LogP contribution is -2.53. The maximum atomic E-state index is 12.5. The van der Waals surface area contributed by atoms with Crippen LogP contribution in [0.25, 0.3) is 0 Å².